The quantitative estimate of drug-likeness (QED) is 0.704. The summed E-state index contributed by atoms with van der Waals surface area (Å²) < 4.78 is 8.84. The van der Waals surface area contributed by atoms with E-state index in [-0.39, 0.29) is 28.1 Å². The Bertz CT molecular complexity index is 718. The van der Waals surface area contributed by atoms with E-state index in [1.165, 1.54) is 0 Å². The molecule has 3 rings (SSSR count). The maximum absolute atomic E-state index is 6.33. The van der Waals surface area contributed by atoms with Crippen molar-refractivity contribution in [3.63, 3.8) is 0 Å². The number of fused-ring (bicyclic) bond motifs is 1. The summed E-state index contributed by atoms with van der Waals surface area (Å²) in [5, 5.41) is 5.10. The molecule has 0 fully saturated rings. The van der Waals surface area contributed by atoms with Crippen molar-refractivity contribution in [3.8, 4) is 0 Å². The second kappa shape index (κ2) is 6.35. The van der Waals surface area contributed by atoms with Crippen molar-refractivity contribution in [1.29, 1.82) is 0 Å². The minimum atomic E-state index is -0.202. The molecule has 8 heteroatoms. The largest absolute Gasteiger partial charge is 0.257 e. The Kier molecular flexibility index (Phi) is 4.75. The molecule has 0 bridgehead atoms. The van der Waals surface area contributed by atoms with E-state index in [4.69, 9.17) is 15.8 Å². The molecule has 23 heavy (non-hydrogen) atoms. The zero-order valence-electron chi connectivity index (χ0n) is 13.5. The minimum absolute atomic E-state index is 0.0560. The van der Waals surface area contributed by atoms with Crippen molar-refractivity contribution >= 4 is 38.7 Å². The summed E-state index contributed by atoms with van der Waals surface area (Å²) in [5.74, 6) is 0.826. The maximum atomic E-state index is 6.33. The van der Waals surface area contributed by atoms with E-state index in [9.17, 15) is 0 Å². The van der Waals surface area contributed by atoms with Gasteiger partial charge in [0.1, 0.15) is 23.5 Å². The number of hydrogen-bond donors (Lipinski definition) is 0. The van der Waals surface area contributed by atoms with Gasteiger partial charge in [-0.1, -0.05) is 11.6 Å². The SMILES string of the molecule is C[S+](O[C@@H]1C[C@@H](c2ncccc2Cl)n2nc(Br)nc21)C(C)(C)C. The van der Waals surface area contributed by atoms with Crippen LogP contribution in [0.25, 0.3) is 0 Å². The molecule has 0 saturated carbocycles. The molecule has 0 amide bonds. The van der Waals surface area contributed by atoms with Gasteiger partial charge in [0.2, 0.25) is 4.73 Å². The van der Waals surface area contributed by atoms with Crippen molar-refractivity contribution < 1.29 is 4.18 Å². The Labute approximate surface area is 152 Å². The molecule has 1 aliphatic rings. The highest BCUT2D eigenvalue weighted by Gasteiger charge is 2.44. The number of nitrogens with zero attached hydrogens (tertiary/aromatic N) is 4. The molecule has 0 saturated heterocycles. The van der Waals surface area contributed by atoms with Gasteiger partial charge < -0.3 is 0 Å². The lowest BCUT2D eigenvalue weighted by molar-refractivity contribution is 0.226. The molecule has 124 valence electrons. The third kappa shape index (κ3) is 3.43. The maximum Gasteiger partial charge on any atom is 0.217 e. The van der Waals surface area contributed by atoms with E-state index >= 15 is 0 Å². The van der Waals surface area contributed by atoms with Crippen molar-refractivity contribution in [2.45, 2.75) is 44.1 Å². The van der Waals surface area contributed by atoms with Crippen LogP contribution in [-0.2, 0) is 15.4 Å². The van der Waals surface area contributed by atoms with E-state index < -0.39 is 0 Å². The first kappa shape index (κ1) is 17.2. The van der Waals surface area contributed by atoms with Crippen LogP contribution >= 0.6 is 27.5 Å². The van der Waals surface area contributed by atoms with Gasteiger partial charge in [0.15, 0.2) is 16.7 Å². The van der Waals surface area contributed by atoms with Gasteiger partial charge in [-0.3, -0.25) is 4.98 Å². The third-order valence-corrected chi connectivity index (χ3v) is 6.78. The molecule has 3 atom stereocenters. The molecule has 2 aromatic rings. The first-order valence-electron chi connectivity index (χ1n) is 7.33. The van der Waals surface area contributed by atoms with Crippen LogP contribution in [0.1, 0.15) is 50.9 Å². The zero-order valence-corrected chi connectivity index (χ0v) is 16.6. The number of halogens is 2. The summed E-state index contributed by atoms with van der Waals surface area (Å²) in [5.41, 5.74) is 0.811. The lowest BCUT2D eigenvalue weighted by Gasteiger charge is -2.18. The first-order valence-corrected chi connectivity index (χ1v) is 10.1. The fraction of sp³-hybridized carbons (Fsp3) is 0.533. The summed E-state index contributed by atoms with van der Waals surface area (Å²) in [6.45, 7) is 6.54. The molecule has 0 spiro atoms. The van der Waals surface area contributed by atoms with E-state index in [0.29, 0.717) is 9.76 Å². The molecule has 5 nitrogen and oxygen atoms in total. The smallest absolute Gasteiger partial charge is 0.217 e. The average Bonchev–Trinajstić information content (AvgIpc) is 2.97. The normalized spacial score (nSPS) is 22.2. The molecule has 3 heterocycles. The summed E-state index contributed by atoms with van der Waals surface area (Å²) in [4.78, 5) is 8.93. The van der Waals surface area contributed by atoms with Crippen LogP contribution in [0.2, 0.25) is 5.02 Å². The zero-order chi connectivity index (χ0) is 16.8. The van der Waals surface area contributed by atoms with Crippen molar-refractivity contribution in [2.24, 2.45) is 0 Å². The lowest BCUT2D eigenvalue weighted by atomic mass is 10.1. The highest BCUT2D eigenvalue weighted by Crippen LogP contribution is 2.42. The van der Waals surface area contributed by atoms with Crippen LogP contribution in [0.15, 0.2) is 23.1 Å². The Balaban J connectivity index is 1.93. The molecule has 0 aliphatic carbocycles. The molecule has 0 N–H and O–H groups in total. The van der Waals surface area contributed by atoms with Crippen LogP contribution in [-0.4, -0.2) is 30.8 Å². The number of pyridine rings is 1. The van der Waals surface area contributed by atoms with Crippen LogP contribution in [0.5, 0.6) is 0 Å². The van der Waals surface area contributed by atoms with Gasteiger partial charge in [-0.05, 0) is 48.8 Å². The fourth-order valence-electron chi connectivity index (χ4n) is 2.44. The van der Waals surface area contributed by atoms with Crippen molar-refractivity contribution in [1.82, 2.24) is 19.7 Å². The Morgan fingerprint density at radius 3 is 2.83 bits per heavy atom. The Hall–Kier alpha value is -0.630. The van der Waals surface area contributed by atoms with Gasteiger partial charge in [-0.2, -0.15) is 4.18 Å². The molecule has 0 radical (unpaired) electrons. The Morgan fingerprint density at radius 2 is 2.17 bits per heavy atom. The number of rotatable bonds is 3. The van der Waals surface area contributed by atoms with Gasteiger partial charge in [-0.15, -0.1) is 5.10 Å². The first-order chi connectivity index (χ1) is 10.8. The summed E-state index contributed by atoms with van der Waals surface area (Å²) in [6, 6.07) is 3.62. The van der Waals surface area contributed by atoms with Crippen LogP contribution in [0.4, 0.5) is 0 Å². The van der Waals surface area contributed by atoms with E-state index in [1.54, 1.807) is 6.20 Å². The van der Waals surface area contributed by atoms with Gasteiger partial charge in [0.05, 0.1) is 10.7 Å². The standard InChI is InChI=1S/C15H19BrClN4OS/c1-15(2,3)23(4)22-11-8-10(12-9(17)6-5-7-18-12)21-13(11)19-14(16)20-21/h5-7,10-11H,8H2,1-4H3/q+1/t10-,11+,23?/m0/s1. The van der Waals surface area contributed by atoms with Crippen molar-refractivity contribution in [3.05, 3.63) is 39.6 Å². The fourth-order valence-corrected chi connectivity index (χ4v) is 3.84. The lowest BCUT2D eigenvalue weighted by Crippen LogP contribution is -2.30. The molecule has 2 aromatic heterocycles. The van der Waals surface area contributed by atoms with Gasteiger partial charge in [0, 0.05) is 12.6 Å². The van der Waals surface area contributed by atoms with E-state index in [0.717, 1.165) is 17.9 Å². The molecular weight excluding hydrogens is 400 g/mol. The molecule has 0 aromatic carbocycles. The minimum Gasteiger partial charge on any atom is -0.257 e. The van der Waals surface area contributed by atoms with Crippen LogP contribution in [0.3, 0.4) is 0 Å². The van der Waals surface area contributed by atoms with Gasteiger partial charge in [0.25, 0.3) is 0 Å². The van der Waals surface area contributed by atoms with Gasteiger partial charge >= 0.3 is 0 Å². The van der Waals surface area contributed by atoms with Crippen LogP contribution < -0.4 is 0 Å². The third-order valence-electron chi connectivity index (χ3n) is 3.88. The predicted molar refractivity (Wildman–Crippen MR) is 96.6 cm³/mol. The predicted octanol–water partition coefficient (Wildman–Crippen LogP) is 4.10. The second-order valence-corrected chi connectivity index (χ2v) is 9.90. The number of hydrogen-bond acceptors (Lipinski definition) is 4. The topological polar surface area (TPSA) is 52.8 Å². The Morgan fingerprint density at radius 1 is 1.43 bits per heavy atom. The molecular formula is C15H19BrClN4OS+. The summed E-state index contributed by atoms with van der Waals surface area (Å²) in [6.07, 6.45) is 4.51. The monoisotopic (exact) mass is 417 g/mol. The summed E-state index contributed by atoms with van der Waals surface area (Å²) in [7, 11) is 0. The average molecular weight is 419 g/mol. The number of aromatic nitrogens is 4. The second-order valence-electron chi connectivity index (χ2n) is 6.46. The van der Waals surface area contributed by atoms with E-state index in [1.807, 2.05) is 16.8 Å². The van der Waals surface area contributed by atoms with Crippen LogP contribution in [0, 0.1) is 0 Å². The molecule has 1 unspecified atom stereocenters. The van der Waals surface area contributed by atoms with E-state index in [2.05, 4.69) is 58.0 Å². The highest BCUT2D eigenvalue weighted by atomic mass is 79.9. The van der Waals surface area contributed by atoms with Crippen molar-refractivity contribution in [2.75, 3.05) is 6.26 Å². The summed E-state index contributed by atoms with van der Waals surface area (Å²) >= 11 is 9.49. The van der Waals surface area contributed by atoms with Gasteiger partial charge in [-0.25, -0.2) is 9.67 Å². The molecule has 1 aliphatic heterocycles. The highest BCUT2D eigenvalue weighted by molar-refractivity contribution is 9.10.